The molecule has 0 aliphatic carbocycles. The molecule has 4 nitrogen and oxygen atoms in total. The number of nitrogens with zero attached hydrogens (tertiary/aromatic N) is 3. The van der Waals surface area contributed by atoms with E-state index in [1.54, 1.807) is 6.07 Å². The van der Waals surface area contributed by atoms with Gasteiger partial charge in [-0.1, -0.05) is 30.3 Å². The normalized spacial score (nSPS) is 18.1. The minimum Gasteiger partial charge on any atom is -0.371 e. The summed E-state index contributed by atoms with van der Waals surface area (Å²) in [7, 11) is 0. The predicted octanol–water partition coefficient (Wildman–Crippen LogP) is 3.00. The van der Waals surface area contributed by atoms with Gasteiger partial charge in [0.25, 0.3) is 0 Å². The number of ether oxygens (including phenoxy) is 1. The zero-order chi connectivity index (χ0) is 16.1. The largest absolute Gasteiger partial charge is 0.371 e. The van der Waals surface area contributed by atoms with Crippen LogP contribution in [0, 0.1) is 22.7 Å². The maximum atomic E-state index is 9.21. The minimum atomic E-state index is -0.0358. The second-order valence-corrected chi connectivity index (χ2v) is 5.60. The topological polar surface area (TPSA) is 60.0 Å². The highest BCUT2D eigenvalue weighted by Crippen LogP contribution is 2.24. The molecule has 2 aromatic carbocycles. The van der Waals surface area contributed by atoms with Crippen molar-refractivity contribution in [2.75, 3.05) is 19.7 Å². The molecule has 0 spiro atoms. The third-order valence-electron chi connectivity index (χ3n) is 4.07. The lowest BCUT2D eigenvalue weighted by molar-refractivity contribution is -0.0329. The fourth-order valence-corrected chi connectivity index (χ4v) is 2.86. The second-order valence-electron chi connectivity index (χ2n) is 5.60. The van der Waals surface area contributed by atoms with Crippen LogP contribution in [-0.4, -0.2) is 24.6 Å². The molecule has 0 N–H and O–H groups in total. The van der Waals surface area contributed by atoms with Crippen LogP contribution < -0.4 is 0 Å². The van der Waals surface area contributed by atoms with Gasteiger partial charge in [0.15, 0.2) is 0 Å². The Morgan fingerprint density at radius 3 is 2.78 bits per heavy atom. The number of rotatable bonds is 3. The van der Waals surface area contributed by atoms with Crippen LogP contribution in [0.3, 0.4) is 0 Å². The summed E-state index contributed by atoms with van der Waals surface area (Å²) in [6, 6.07) is 19.7. The van der Waals surface area contributed by atoms with Gasteiger partial charge < -0.3 is 4.74 Å². The zero-order valence-electron chi connectivity index (χ0n) is 12.8. The number of nitriles is 2. The molecule has 3 rings (SSSR count). The maximum Gasteiger partial charge on any atom is 0.0995 e. The first kappa shape index (κ1) is 15.2. The molecule has 1 atom stereocenters. The van der Waals surface area contributed by atoms with Crippen LogP contribution in [0.5, 0.6) is 0 Å². The van der Waals surface area contributed by atoms with E-state index in [4.69, 9.17) is 10.00 Å². The van der Waals surface area contributed by atoms with Crippen molar-refractivity contribution in [2.45, 2.75) is 12.6 Å². The summed E-state index contributed by atoms with van der Waals surface area (Å²) >= 11 is 0. The molecule has 0 amide bonds. The van der Waals surface area contributed by atoms with E-state index in [0.29, 0.717) is 12.2 Å². The van der Waals surface area contributed by atoms with Gasteiger partial charge in [-0.3, -0.25) is 4.90 Å². The summed E-state index contributed by atoms with van der Waals surface area (Å²) in [6.07, 6.45) is -0.0358. The summed E-state index contributed by atoms with van der Waals surface area (Å²) < 4.78 is 5.87. The number of hydrogen-bond donors (Lipinski definition) is 0. The van der Waals surface area contributed by atoms with Crippen LogP contribution in [0.2, 0.25) is 0 Å². The van der Waals surface area contributed by atoms with Crippen molar-refractivity contribution in [3.63, 3.8) is 0 Å². The summed E-state index contributed by atoms with van der Waals surface area (Å²) in [5.74, 6) is 0. The van der Waals surface area contributed by atoms with Gasteiger partial charge in [0.1, 0.15) is 0 Å². The van der Waals surface area contributed by atoms with E-state index in [-0.39, 0.29) is 6.10 Å². The number of hydrogen-bond acceptors (Lipinski definition) is 4. The molecular formula is C19H17N3O. The first-order valence-electron chi connectivity index (χ1n) is 7.62. The van der Waals surface area contributed by atoms with Crippen molar-refractivity contribution < 1.29 is 4.74 Å². The average Bonchev–Trinajstić information content (AvgIpc) is 2.62. The maximum absolute atomic E-state index is 9.21. The Labute approximate surface area is 136 Å². The molecule has 1 unspecified atom stereocenters. The third-order valence-corrected chi connectivity index (χ3v) is 4.07. The molecule has 4 heteroatoms. The quantitative estimate of drug-likeness (QED) is 0.874. The Balaban J connectivity index is 1.73. The van der Waals surface area contributed by atoms with Crippen LogP contribution in [0.4, 0.5) is 0 Å². The highest BCUT2D eigenvalue weighted by molar-refractivity contribution is 5.37. The molecule has 0 radical (unpaired) electrons. The van der Waals surface area contributed by atoms with E-state index in [9.17, 15) is 5.26 Å². The molecular weight excluding hydrogens is 286 g/mol. The van der Waals surface area contributed by atoms with Crippen LogP contribution in [0.15, 0.2) is 48.5 Å². The molecule has 1 aliphatic rings. The van der Waals surface area contributed by atoms with Crippen molar-refractivity contribution in [3.05, 3.63) is 70.8 Å². The van der Waals surface area contributed by atoms with Gasteiger partial charge in [-0.15, -0.1) is 0 Å². The van der Waals surface area contributed by atoms with E-state index >= 15 is 0 Å². The smallest absolute Gasteiger partial charge is 0.0995 e. The molecule has 0 aromatic heterocycles. The van der Waals surface area contributed by atoms with Gasteiger partial charge >= 0.3 is 0 Å². The summed E-state index contributed by atoms with van der Waals surface area (Å²) in [5, 5.41) is 18.2. The van der Waals surface area contributed by atoms with E-state index in [1.807, 2.05) is 42.5 Å². The minimum absolute atomic E-state index is 0.0358. The van der Waals surface area contributed by atoms with Gasteiger partial charge in [-0.25, -0.2) is 0 Å². The SMILES string of the molecule is N#Cc1cccc(C2CN(Cc3ccccc3C#N)CCO2)c1. The van der Waals surface area contributed by atoms with E-state index < -0.39 is 0 Å². The van der Waals surface area contributed by atoms with Gasteiger partial charge in [0.05, 0.1) is 36.0 Å². The Kier molecular flexibility index (Phi) is 4.68. The predicted molar refractivity (Wildman–Crippen MR) is 86.3 cm³/mol. The molecule has 23 heavy (non-hydrogen) atoms. The lowest BCUT2D eigenvalue weighted by atomic mass is 10.0. The molecule has 2 aromatic rings. The van der Waals surface area contributed by atoms with Crippen molar-refractivity contribution >= 4 is 0 Å². The molecule has 0 saturated carbocycles. The molecule has 0 bridgehead atoms. The Bertz CT molecular complexity index is 773. The van der Waals surface area contributed by atoms with Crippen LogP contribution in [0.1, 0.15) is 28.4 Å². The Hall–Kier alpha value is -2.66. The molecule has 1 aliphatic heterocycles. The van der Waals surface area contributed by atoms with Crippen LogP contribution in [-0.2, 0) is 11.3 Å². The summed E-state index contributed by atoms with van der Waals surface area (Å²) in [5.41, 5.74) is 3.45. The second kappa shape index (κ2) is 7.07. The average molecular weight is 303 g/mol. The molecule has 1 saturated heterocycles. The number of morpholine rings is 1. The first-order chi connectivity index (χ1) is 11.3. The lowest BCUT2D eigenvalue weighted by Crippen LogP contribution is -2.38. The van der Waals surface area contributed by atoms with Gasteiger partial charge in [-0.2, -0.15) is 10.5 Å². The standard InChI is InChI=1S/C19H17N3O/c20-11-15-4-3-7-16(10-15)19-14-22(8-9-23-19)13-18-6-2-1-5-17(18)12-21/h1-7,10,19H,8-9,13-14H2. The first-order valence-corrected chi connectivity index (χ1v) is 7.62. The van der Waals surface area contributed by atoms with Gasteiger partial charge in [-0.05, 0) is 29.3 Å². The number of benzene rings is 2. The fraction of sp³-hybridized carbons (Fsp3) is 0.263. The molecule has 114 valence electrons. The highest BCUT2D eigenvalue weighted by atomic mass is 16.5. The van der Waals surface area contributed by atoms with E-state index in [0.717, 1.165) is 36.3 Å². The summed E-state index contributed by atoms with van der Waals surface area (Å²) in [6.45, 7) is 2.99. The van der Waals surface area contributed by atoms with Crippen molar-refractivity contribution in [2.24, 2.45) is 0 Å². The van der Waals surface area contributed by atoms with Crippen LogP contribution >= 0.6 is 0 Å². The van der Waals surface area contributed by atoms with Crippen LogP contribution in [0.25, 0.3) is 0 Å². The van der Waals surface area contributed by atoms with Crippen molar-refractivity contribution in [1.29, 1.82) is 10.5 Å². The highest BCUT2D eigenvalue weighted by Gasteiger charge is 2.22. The monoisotopic (exact) mass is 303 g/mol. The van der Waals surface area contributed by atoms with E-state index in [1.165, 1.54) is 0 Å². The van der Waals surface area contributed by atoms with Gasteiger partial charge in [0, 0.05) is 19.6 Å². The Morgan fingerprint density at radius 1 is 1.09 bits per heavy atom. The van der Waals surface area contributed by atoms with Gasteiger partial charge in [0.2, 0.25) is 0 Å². The molecule has 1 heterocycles. The Morgan fingerprint density at radius 2 is 1.96 bits per heavy atom. The van der Waals surface area contributed by atoms with E-state index in [2.05, 4.69) is 17.0 Å². The lowest BCUT2D eigenvalue weighted by Gasteiger charge is -2.33. The van der Waals surface area contributed by atoms with Crippen molar-refractivity contribution in [3.8, 4) is 12.1 Å². The van der Waals surface area contributed by atoms with Crippen molar-refractivity contribution in [1.82, 2.24) is 4.90 Å². The summed E-state index contributed by atoms with van der Waals surface area (Å²) in [4.78, 5) is 2.30. The fourth-order valence-electron chi connectivity index (χ4n) is 2.86. The zero-order valence-corrected chi connectivity index (χ0v) is 12.8. The third kappa shape index (κ3) is 3.57. The molecule has 1 fully saturated rings.